The van der Waals surface area contributed by atoms with Gasteiger partial charge < -0.3 is 14.5 Å². The van der Waals surface area contributed by atoms with Crippen LogP contribution in [0.5, 0.6) is 5.88 Å². The largest absolute Gasteiger partial charge is 0.481 e. The minimum atomic E-state index is 0.0956. The van der Waals surface area contributed by atoms with Crippen molar-refractivity contribution in [3.8, 4) is 17.0 Å². The molecular formula is C22H23N3O2. The van der Waals surface area contributed by atoms with Gasteiger partial charge in [0.2, 0.25) is 5.88 Å². The first-order chi connectivity index (χ1) is 13.2. The fourth-order valence-electron chi connectivity index (χ4n) is 3.45. The van der Waals surface area contributed by atoms with E-state index in [0.717, 1.165) is 53.8 Å². The van der Waals surface area contributed by atoms with E-state index in [0.29, 0.717) is 5.88 Å². The number of fused-ring (bicyclic) bond motifs is 1. The van der Waals surface area contributed by atoms with Crippen molar-refractivity contribution in [2.75, 3.05) is 40.3 Å². The number of methoxy groups -OCH3 is 1. The van der Waals surface area contributed by atoms with Crippen molar-refractivity contribution < 1.29 is 9.53 Å². The lowest BCUT2D eigenvalue weighted by molar-refractivity contribution is 0.0664. The van der Waals surface area contributed by atoms with E-state index in [4.69, 9.17) is 4.74 Å². The third kappa shape index (κ3) is 3.51. The Morgan fingerprint density at radius 1 is 1.00 bits per heavy atom. The van der Waals surface area contributed by atoms with Crippen molar-refractivity contribution in [2.45, 2.75) is 0 Å². The number of para-hydroxylation sites is 1. The molecule has 0 atom stereocenters. The van der Waals surface area contributed by atoms with E-state index in [2.05, 4.69) is 23.0 Å². The first kappa shape index (κ1) is 17.5. The molecule has 1 aromatic heterocycles. The Morgan fingerprint density at radius 3 is 2.41 bits per heavy atom. The molecule has 2 heterocycles. The Bertz CT molecular complexity index is 961. The summed E-state index contributed by atoms with van der Waals surface area (Å²) in [5, 5.41) is 1.06. The lowest BCUT2D eigenvalue weighted by atomic mass is 10.0. The van der Waals surface area contributed by atoms with E-state index in [-0.39, 0.29) is 5.91 Å². The third-order valence-electron chi connectivity index (χ3n) is 5.12. The fourth-order valence-corrected chi connectivity index (χ4v) is 3.45. The molecule has 1 aliphatic rings. The monoisotopic (exact) mass is 361 g/mol. The van der Waals surface area contributed by atoms with E-state index >= 15 is 0 Å². The minimum Gasteiger partial charge on any atom is -0.481 e. The van der Waals surface area contributed by atoms with Crippen LogP contribution in [-0.4, -0.2) is 61.0 Å². The summed E-state index contributed by atoms with van der Waals surface area (Å²) < 4.78 is 5.50. The highest BCUT2D eigenvalue weighted by molar-refractivity contribution is 5.95. The number of amides is 1. The van der Waals surface area contributed by atoms with E-state index in [1.54, 1.807) is 7.11 Å². The Kier molecular flexibility index (Phi) is 4.77. The Balaban J connectivity index is 1.62. The van der Waals surface area contributed by atoms with Gasteiger partial charge in [-0.2, -0.15) is 0 Å². The third-order valence-corrected chi connectivity index (χ3v) is 5.12. The maximum absolute atomic E-state index is 12.7. The second-order valence-corrected chi connectivity index (χ2v) is 6.91. The van der Waals surface area contributed by atoms with Crippen LogP contribution in [-0.2, 0) is 0 Å². The average Bonchev–Trinajstić information content (AvgIpc) is 2.73. The zero-order valence-electron chi connectivity index (χ0n) is 15.7. The summed E-state index contributed by atoms with van der Waals surface area (Å²) in [5.41, 5.74) is 3.53. The molecular weight excluding hydrogens is 338 g/mol. The van der Waals surface area contributed by atoms with Crippen LogP contribution < -0.4 is 4.74 Å². The number of rotatable bonds is 3. The number of carbonyl (C=O) groups excluding carboxylic acids is 1. The highest BCUT2D eigenvalue weighted by Gasteiger charge is 2.20. The number of hydrogen-bond acceptors (Lipinski definition) is 4. The number of hydrogen-bond donors (Lipinski definition) is 0. The topological polar surface area (TPSA) is 45.7 Å². The zero-order chi connectivity index (χ0) is 18.8. The van der Waals surface area contributed by atoms with Gasteiger partial charge >= 0.3 is 0 Å². The summed E-state index contributed by atoms with van der Waals surface area (Å²) in [6, 6.07) is 17.8. The molecule has 1 aliphatic heterocycles. The number of ether oxygens (including phenoxy) is 1. The Hall–Kier alpha value is -2.92. The molecule has 0 N–H and O–H groups in total. The van der Waals surface area contributed by atoms with E-state index in [1.165, 1.54) is 0 Å². The molecule has 0 bridgehead atoms. The molecule has 1 fully saturated rings. The van der Waals surface area contributed by atoms with Gasteiger partial charge in [0.15, 0.2) is 0 Å². The SMILES string of the molecule is COc1nc2ccccc2cc1-c1ccc(C(=O)N2CCN(C)CC2)cc1. The van der Waals surface area contributed by atoms with Crippen molar-refractivity contribution in [3.63, 3.8) is 0 Å². The van der Waals surface area contributed by atoms with Gasteiger partial charge in [-0.25, -0.2) is 4.98 Å². The van der Waals surface area contributed by atoms with Crippen LogP contribution in [0.4, 0.5) is 0 Å². The van der Waals surface area contributed by atoms with E-state index in [9.17, 15) is 4.79 Å². The molecule has 2 aromatic carbocycles. The van der Waals surface area contributed by atoms with Crippen LogP contribution in [0, 0.1) is 0 Å². The normalized spacial score (nSPS) is 15.1. The average molecular weight is 361 g/mol. The summed E-state index contributed by atoms with van der Waals surface area (Å²) >= 11 is 0. The fraction of sp³-hybridized carbons (Fsp3) is 0.273. The Labute approximate surface area is 159 Å². The maximum Gasteiger partial charge on any atom is 0.253 e. The van der Waals surface area contributed by atoms with E-state index < -0.39 is 0 Å². The van der Waals surface area contributed by atoms with Crippen LogP contribution in [0.1, 0.15) is 10.4 Å². The molecule has 27 heavy (non-hydrogen) atoms. The van der Waals surface area contributed by atoms with Gasteiger partial charge in [-0.15, -0.1) is 0 Å². The predicted molar refractivity (Wildman–Crippen MR) is 107 cm³/mol. The van der Waals surface area contributed by atoms with Crippen molar-refractivity contribution in [2.24, 2.45) is 0 Å². The number of nitrogens with zero attached hydrogens (tertiary/aromatic N) is 3. The first-order valence-electron chi connectivity index (χ1n) is 9.18. The Morgan fingerprint density at radius 2 is 1.70 bits per heavy atom. The van der Waals surface area contributed by atoms with Crippen LogP contribution in [0.25, 0.3) is 22.0 Å². The molecule has 0 spiro atoms. The van der Waals surface area contributed by atoms with Gasteiger partial charge in [0.05, 0.1) is 12.6 Å². The van der Waals surface area contributed by atoms with Gasteiger partial charge in [-0.1, -0.05) is 30.3 Å². The quantitative estimate of drug-likeness (QED) is 0.718. The number of benzene rings is 2. The molecule has 4 rings (SSSR count). The smallest absolute Gasteiger partial charge is 0.253 e. The van der Waals surface area contributed by atoms with Gasteiger partial charge in [-0.3, -0.25) is 4.79 Å². The summed E-state index contributed by atoms with van der Waals surface area (Å²) in [5.74, 6) is 0.685. The number of carbonyl (C=O) groups is 1. The van der Waals surface area contributed by atoms with Crippen molar-refractivity contribution in [1.29, 1.82) is 0 Å². The van der Waals surface area contributed by atoms with Gasteiger partial charge in [-0.05, 0) is 36.9 Å². The van der Waals surface area contributed by atoms with Gasteiger partial charge in [0, 0.05) is 42.7 Å². The van der Waals surface area contributed by atoms with Crippen molar-refractivity contribution in [3.05, 3.63) is 60.2 Å². The molecule has 1 saturated heterocycles. The summed E-state index contributed by atoms with van der Waals surface area (Å²) in [6.45, 7) is 3.40. The zero-order valence-corrected chi connectivity index (χ0v) is 15.7. The molecule has 5 heteroatoms. The summed E-state index contributed by atoms with van der Waals surface area (Å²) in [6.07, 6.45) is 0. The minimum absolute atomic E-state index is 0.0956. The van der Waals surface area contributed by atoms with Crippen LogP contribution in [0.2, 0.25) is 0 Å². The highest BCUT2D eigenvalue weighted by Crippen LogP contribution is 2.31. The summed E-state index contributed by atoms with van der Waals surface area (Å²) in [7, 11) is 3.72. The first-order valence-corrected chi connectivity index (χ1v) is 9.18. The van der Waals surface area contributed by atoms with E-state index in [1.807, 2.05) is 53.4 Å². The van der Waals surface area contributed by atoms with Crippen molar-refractivity contribution in [1.82, 2.24) is 14.8 Å². The highest BCUT2D eigenvalue weighted by atomic mass is 16.5. The standard InChI is InChI=1S/C22H23N3O2/c1-24-11-13-25(14-12-24)22(26)17-9-7-16(8-10-17)19-15-18-5-3-4-6-20(18)23-21(19)27-2/h3-10,15H,11-14H2,1-2H3. The number of piperazine rings is 1. The molecule has 5 nitrogen and oxygen atoms in total. The van der Waals surface area contributed by atoms with Crippen LogP contribution >= 0.6 is 0 Å². The van der Waals surface area contributed by atoms with Gasteiger partial charge in [0.25, 0.3) is 5.91 Å². The molecule has 1 amide bonds. The molecule has 138 valence electrons. The number of aromatic nitrogens is 1. The van der Waals surface area contributed by atoms with Crippen LogP contribution in [0.15, 0.2) is 54.6 Å². The molecule has 3 aromatic rings. The lowest BCUT2D eigenvalue weighted by Gasteiger charge is -2.32. The number of pyridine rings is 1. The summed E-state index contributed by atoms with van der Waals surface area (Å²) in [4.78, 5) is 21.5. The van der Waals surface area contributed by atoms with Crippen LogP contribution in [0.3, 0.4) is 0 Å². The molecule has 0 aliphatic carbocycles. The maximum atomic E-state index is 12.7. The second-order valence-electron chi connectivity index (χ2n) is 6.91. The molecule has 0 unspecified atom stereocenters. The second kappa shape index (κ2) is 7.37. The van der Waals surface area contributed by atoms with Gasteiger partial charge in [0.1, 0.15) is 0 Å². The lowest BCUT2D eigenvalue weighted by Crippen LogP contribution is -2.47. The molecule has 0 radical (unpaired) electrons. The number of likely N-dealkylation sites (N-methyl/N-ethyl adjacent to an activating group) is 1. The predicted octanol–water partition coefficient (Wildman–Crippen LogP) is 3.30. The van der Waals surface area contributed by atoms with Crippen molar-refractivity contribution >= 4 is 16.8 Å². The molecule has 0 saturated carbocycles.